The maximum atomic E-state index is 5.58. The third-order valence-corrected chi connectivity index (χ3v) is 5.05. The van der Waals surface area contributed by atoms with Crippen LogP contribution in [0.1, 0.15) is 25.2 Å². The Morgan fingerprint density at radius 2 is 1.03 bits per heavy atom. The third-order valence-electron chi connectivity index (χ3n) is 5.05. The molecule has 6 nitrogen and oxygen atoms in total. The van der Waals surface area contributed by atoms with Crippen molar-refractivity contribution >= 4 is 0 Å². The van der Waals surface area contributed by atoms with Gasteiger partial charge in [-0.1, -0.05) is 36.4 Å². The molecule has 0 aliphatic carbocycles. The highest BCUT2D eigenvalue weighted by molar-refractivity contribution is 5.42. The van der Waals surface area contributed by atoms with E-state index in [0.717, 1.165) is 22.8 Å². The monoisotopic (exact) mass is 388 g/mol. The minimum absolute atomic E-state index is 0.458. The molecule has 4 aromatic rings. The van der Waals surface area contributed by atoms with Gasteiger partial charge in [-0.05, 0) is 38.1 Å². The summed E-state index contributed by atoms with van der Waals surface area (Å²) in [5.74, 6) is 1.35. The summed E-state index contributed by atoms with van der Waals surface area (Å²) in [5, 5.41) is 9.68. The first-order valence-electron chi connectivity index (χ1n) is 9.44. The molecule has 6 heteroatoms. The molecule has 4 rings (SSSR count). The lowest BCUT2D eigenvalue weighted by molar-refractivity contribution is 0.383. The molecule has 29 heavy (non-hydrogen) atoms. The number of rotatable bonds is 6. The van der Waals surface area contributed by atoms with Gasteiger partial charge in [0.05, 0.1) is 42.4 Å². The Balaban J connectivity index is 1.78. The summed E-state index contributed by atoms with van der Waals surface area (Å²) in [6, 6.07) is 23.8. The van der Waals surface area contributed by atoms with Gasteiger partial charge < -0.3 is 9.47 Å². The van der Waals surface area contributed by atoms with E-state index in [2.05, 4.69) is 13.8 Å². The van der Waals surface area contributed by atoms with Gasteiger partial charge in [0, 0.05) is 12.1 Å². The second-order valence-electron chi connectivity index (χ2n) is 7.26. The predicted molar refractivity (Wildman–Crippen MR) is 112 cm³/mol. The molecular weight excluding hydrogens is 364 g/mol. The maximum Gasteiger partial charge on any atom is 0.216 e. The molecule has 0 amide bonds. The number of nitrogens with zero attached hydrogens (tertiary/aromatic N) is 4. The van der Waals surface area contributed by atoms with Crippen LogP contribution in [0.2, 0.25) is 0 Å². The van der Waals surface area contributed by atoms with Gasteiger partial charge in [0.25, 0.3) is 0 Å². The van der Waals surface area contributed by atoms with E-state index < -0.39 is 5.41 Å². The predicted octanol–water partition coefficient (Wildman–Crippen LogP) is 4.40. The minimum atomic E-state index is -0.458. The third kappa shape index (κ3) is 3.38. The molecular formula is C23H24N4O2. The van der Waals surface area contributed by atoms with E-state index in [-0.39, 0.29) is 0 Å². The number of methoxy groups -OCH3 is 2. The van der Waals surface area contributed by atoms with Crippen LogP contribution in [0.5, 0.6) is 11.8 Å². The second kappa shape index (κ2) is 7.47. The van der Waals surface area contributed by atoms with Crippen molar-refractivity contribution in [3.05, 3.63) is 84.2 Å². The minimum Gasteiger partial charge on any atom is -0.481 e. The van der Waals surface area contributed by atoms with E-state index in [1.807, 2.05) is 82.2 Å². The summed E-state index contributed by atoms with van der Waals surface area (Å²) < 4.78 is 14.8. The Bertz CT molecular complexity index is 1010. The first kappa shape index (κ1) is 18.8. The highest BCUT2D eigenvalue weighted by Gasteiger charge is 2.32. The Morgan fingerprint density at radius 1 is 0.655 bits per heavy atom. The van der Waals surface area contributed by atoms with E-state index >= 15 is 0 Å². The lowest BCUT2D eigenvalue weighted by Crippen LogP contribution is -2.21. The molecule has 0 aliphatic heterocycles. The molecule has 148 valence electrons. The lowest BCUT2D eigenvalue weighted by atomic mass is 9.86. The number of ether oxygens (including phenoxy) is 2. The molecule has 0 aliphatic rings. The fourth-order valence-corrected chi connectivity index (χ4v) is 3.27. The van der Waals surface area contributed by atoms with Crippen molar-refractivity contribution in [3.63, 3.8) is 0 Å². The molecule has 0 atom stereocenters. The van der Waals surface area contributed by atoms with Crippen molar-refractivity contribution in [2.75, 3.05) is 14.2 Å². The molecule has 0 bridgehead atoms. The van der Waals surface area contributed by atoms with E-state index in [1.54, 1.807) is 14.2 Å². The summed E-state index contributed by atoms with van der Waals surface area (Å²) in [5.41, 5.74) is 3.15. The van der Waals surface area contributed by atoms with Crippen LogP contribution >= 0.6 is 0 Å². The Labute approximate surface area is 170 Å². The molecule has 0 fully saturated rings. The fourth-order valence-electron chi connectivity index (χ4n) is 3.27. The van der Waals surface area contributed by atoms with Crippen molar-refractivity contribution < 1.29 is 9.47 Å². The van der Waals surface area contributed by atoms with Gasteiger partial charge in [0.1, 0.15) is 0 Å². The van der Waals surface area contributed by atoms with Gasteiger partial charge >= 0.3 is 0 Å². The summed E-state index contributed by atoms with van der Waals surface area (Å²) in [4.78, 5) is 0. The number of benzene rings is 2. The van der Waals surface area contributed by atoms with Crippen molar-refractivity contribution in [3.8, 4) is 23.1 Å². The Hall–Kier alpha value is -3.54. The summed E-state index contributed by atoms with van der Waals surface area (Å²) >= 11 is 0. The van der Waals surface area contributed by atoms with Crippen LogP contribution in [0.25, 0.3) is 11.4 Å². The van der Waals surface area contributed by atoms with Crippen LogP contribution in [0.4, 0.5) is 0 Å². The lowest BCUT2D eigenvalue weighted by Gasteiger charge is -2.19. The van der Waals surface area contributed by atoms with Gasteiger partial charge in [0.15, 0.2) is 0 Å². The standard InChI is InChI=1S/C23H24N4O2/c1-23(2,19-15-21(28-3)26(24-19)17-11-7-5-8-12-17)20-16-22(29-4)27(25-20)18-13-9-6-10-14-18/h5-16H,1-4H3. The number of hydrogen-bond donors (Lipinski definition) is 0. The molecule has 0 saturated heterocycles. The fraction of sp³-hybridized carbons (Fsp3) is 0.217. The quantitative estimate of drug-likeness (QED) is 0.491. The van der Waals surface area contributed by atoms with Gasteiger partial charge in [-0.25, -0.2) is 9.36 Å². The normalized spacial score (nSPS) is 11.4. The molecule has 0 unspecified atom stereocenters. The highest BCUT2D eigenvalue weighted by atomic mass is 16.5. The summed E-state index contributed by atoms with van der Waals surface area (Å²) in [6.45, 7) is 4.20. The Morgan fingerprint density at radius 3 is 1.38 bits per heavy atom. The van der Waals surface area contributed by atoms with Crippen LogP contribution < -0.4 is 9.47 Å². The van der Waals surface area contributed by atoms with Crippen molar-refractivity contribution in [1.29, 1.82) is 0 Å². The first-order chi connectivity index (χ1) is 14.0. The summed E-state index contributed by atoms with van der Waals surface area (Å²) in [6.07, 6.45) is 0. The molecule has 2 aromatic carbocycles. The molecule has 0 saturated carbocycles. The van der Waals surface area contributed by atoms with Crippen LogP contribution in [-0.2, 0) is 5.41 Å². The average molecular weight is 388 g/mol. The number of hydrogen-bond acceptors (Lipinski definition) is 4. The van der Waals surface area contributed by atoms with Gasteiger partial charge in [-0.15, -0.1) is 0 Å². The zero-order valence-electron chi connectivity index (χ0n) is 17.0. The Kier molecular flexibility index (Phi) is 4.84. The van der Waals surface area contributed by atoms with Crippen LogP contribution in [0.15, 0.2) is 72.8 Å². The van der Waals surface area contributed by atoms with Crippen LogP contribution in [0, 0.1) is 0 Å². The second-order valence-corrected chi connectivity index (χ2v) is 7.26. The van der Waals surface area contributed by atoms with E-state index in [0.29, 0.717) is 11.8 Å². The van der Waals surface area contributed by atoms with Gasteiger partial charge in [-0.2, -0.15) is 10.2 Å². The van der Waals surface area contributed by atoms with E-state index in [1.165, 1.54) is 0 Å². The largest absolute Gasteiger partial charge is 0.481 e. The highest BCUT2D eigenvalue weighted by Crippen LogP contribution is 2.35. The zero-order chi connectivity index (χ0) is 20.4. The molecule has 0 radical (unpaired) electrons. The zero-order valence-corrected chi connectivity index (χ0v) is 17.0. The molecule has 0 spiro atoms. The number of para-hydroxylation sites is 2. The smallest absolute Gasteiger partial charge is 0.216 e. The van der Waals surface area contributed by atoms with Crippen molar-refractivity contribution in [1.82, 2.24) is 19.6 Å². The van der Waals surface area contributed by atoms with Crippen molar-refractivity contribution in [2.45, 2.75) is 19.3 Å². The molecule has 0 N–H and O–H groups in total. The maximum absolute atomic E-state index is 5.58. The first-order valence-corrected chi connectivity index (χ1v) is 9.44. The topological polar surface area (TPSA) is 54.1 Å². The summed E-state index contributed by atoms with van der Waals surface area (Å²) in [7, 11) is 3.31. The van der Waals surface area contributed by atoms with Crippen LogP contribution in [-0.4, -0.2) is 33.8 Å². The van der Waals surface area contributed by atoms with Crippen molar-refractivity contribution in [2.24, 2.45) is 0 Å². The SMILES string of the molecule is COc1cc(C(C)(C)c2cc(OC)n(-c3ccccc3)n2)nn1-c1ccccc1. The van der Waals surface area contributed by atoms with E-state index in [4.69, 9.17) is 19.7 Å². The van der Waals surface area contributed by atoms with Gasteiger partial charge in [0.2, 0.25) is 11.8 Å². The average Bonchev–Trinajstić information content (AvgIpc) is 3.40. The molecule has 2 aromatic heterocycles. The van der Waals surface area contributed by atoms with Crippen LogP contribution in [0.3, 0.4) is 0 Å². The van der Waals surface area contributed by atoms with E-state index in [9.17, 15) is 0 Å². The molecule has 2 heterocycles. The van der Waals surface area contributed by atoms with Gasteiger partial charge in [-0.3, -0.25) is 0 Å². The number of aromatic nitrogens is 4.